The van der Waals surface area contributed by atoms with Crippen molar-refractivity contribution in [3.8, 4) is 0 Å². The first-order valence-electron chi connectivity index (χ1n) is 9.00. The number of hydrogen-bond acceptors (Lipinski definition) is 6. The van der Waals surface area contributed by atoms with E-state index in [4.69, 9.17) is 4.74 Å². The zero-order valence-electron chi connectivity index (χ0n) is 15.5. The molecule has 1 aromatic heterocycles. The first-order chi connectivity index (χ1) is 13.0. The van der Waals surface area contributed by atoms with Gasteiger partial charge in [0.1, 0.15) is 6.17 Å². The molecule has 0 bridgehead atoms. The maximum absolute atomic E-state index is 13.6. The van der Waals surface area contributed by atoms with E-state index in [9.17, 15) is 14.3 Å². The SMILES string of the molecule is CCSC1=C(C(=O)O)C(C)=CC(N2CCOCC2)N1Cc1cccc(F)n1. The minimum atomic E-state index is -0.947. The average molecular weight is 393 g/mol. The van der Waals surface area contributed by atoms with Gasteiger partial charge in [-0.1, -0.05) is 13.0 Å². The number of thioether (sulfide) groups is 1. The van der Waals surface area contributed by atoms with Gasteiger partial charge in [0, 0.05) is 13.1 Å². The quantitative estimate of drug-likeness (QED) is 0.746. The Kier molecular flexibility index (Phi) is 6.51. The first kappa shape index (κ1) is 19.9. The fraction of sp³-hybridized carbons (Fsp3) is 0.474. The molecule has 6 nitrogen and oxygen atoms in total. The third-order valence-corrected chi connectivity index (χ3v) is 5.61. The Morgan fingerprint density at radius 2 is 2.15 bits per heavy atom. The van der Waals surface area contributed by atoms with Gasteiger partial charge in [-0.3, -0.25) is 4.90 Å². The summed E-state index contributed by atoms with van der Waals surface area (Å²) in [6, 6.07) is 4.70. The lowest BCUT2D eigenvalue weighted by molar-refractivity contribution is -0.132. The lowest BCUT2D eigenvalue weighted by Crippen LogP contribution is -2.52. The van der Waals surface area contributed by atoms with Crippen molar-refractivity contribution in [1.29, 1.82) is 0 Å². The Morgan fingerprint density at radius 1 is 1.41 bits per heavy atom. The molecule has 3 heterocycles. The van der Waals surface area contributed by atoms with Crippen LogP contribution in [0.1, 0.15) is 19.5 Å². The van der Waals surface area contributed by atoms with Gasteiger partial charge in [0.2, 0.25) is 5.95 Å². The molecule has 8 heteroatoms. The van der Waals surface area contributed by atoms with Gasteiger partial charge in [0.25, 0.3) is 0 Å². The maximum atomic E-state index is 13.6. The van der Waals surface area contributed by atoms with E-state index in [2.05, 4.69) is 9.88 Å². The molecule has 1 fully saturated rings. The zero-order chi connectivity index (χ0) is 19.4. The highest BCUT2D eigenvalue weighted by atomic mass is 32.2. The largest absolute Gasteiger partial charge is 0.478 e. The summed E-state index contributed by atoms with van der Waals surface area (Å²) >= 11 is 1.50. The molecule has 146 valence electrons. The highest BCUT2D eigenvalue weighted by Gasteiger charge is 2.34. The number of rotatable bonds is 6. The number of hydrogen-bond donors (Lipinski definition) is 1. The Labute approximate surface area is 162 Å². The first-order valence-corrected chi connectivity index (χ1v) is 9.99. The predicted octanol–water partition coefficient (Wildman–Crippen LogP) is 2.69. The minimum absolute atomic E-state index is 0.115. The monoisotopic (exact) mass is 393 g/mol. The number of carboxylic acids is 1. The summed E-state index contributed by atoms with van der Waals surface area (Å²) in [4.78, 5) is 20.2. The van der Waals surface area contributed by atoms with Gasteiger partial charge >= 0.3 is 5.97 Å². The van der Waals surface area contributed by atoms with Crippen LogP contribution in [-0.2, 0) is 16.1 Å². The van der Waals surface area contributed by atoms with Crippen LogP contribution in [0.5, 0.6) is 0 Å². The predicted molar refractivity (Wildman–Crippen MR) is 102 cm³/mol. The van der Waals surface area contributed by atoms with Gasteiger partial charge < -0.3 is 14.7 Å². The third-order valence-electron chi connectivity index (χ3n) is 4.61. The topological polar surface area (TPSA) is 65.9 Å². The number of carboxylic acid groups (broad SMARTS) is 1. The smallest absolute Gasteiger partial charge is 0.338 e. The summed E-state index contributed by atoms with van der Waals surface area (Å²) < 4.78 is 19.1. The molecule has 2 aliphatic rings. The molecule has 1 aromatic rings. The summed E-state index contributed by atoms with van der Waals surface area (Å²) in [5.41, 5.74) is 1.63. The van der Waals surface area contributed by atoms with Crippen LogP contribution in [0.3, 0.4) is 0 Å². The van der Waals surface area contributed by atoms with E-state index in [0.29, 0.717) is 36.1 Å². The van der Waals surface area contributed by atoms with Gasteiger partial charge in [-0.05, 0) is 36.5 Å². The van der Waals surface area contributed by atoms with Crippen LogP contribution in [0.15, 0.2) is 40.5 Å². The highest BCUT2D eigenvalue weighted by molar-refractivity contribution is 8.03. The van der Waals surface area contributed by atoms with E-state index in [-0.39, 0.29) is 6.17 Å². The molecule has 3 rings (SSSR count). The van der Waals surface area contributed by atoms with Crippen molar-refractivity contribution < 1.29 is 19.0 Å². The van der Waals surface area contributed by atoms with Crippen molar-refractivity contribution in [2.24, 2.45) is 0 Å². The van der Waals surface area contributed by atoms with E-state index in [1.54, 1.807) is 12.1 Å². The van der Waals surface area contributed by atoms with Gasteiger partial charge in [-0.2, -0.15) is 4.39 Å². The van der Waals surface area contributed by atoms with Crippen molar-refractivity contribution in [2.45, 2.75) is 26.6 Å². The van der Waals surface area contributed by atoms with Gasteiger partial charge in [0.15, 0.2) is 0 Å². The molecule has 1 atom stereocenters. The van der Waals surface area contributed by atoms with Gasteiger partial charge in [0.05, 0.1) is 36.1 Å². The second kappa shape index (κ2) is 8.86. The van der Waals surface area contributed by atoms with Crippen LogP contribution in [0.25, 0.3) is 0 Å². The minimum Gasteiger partial charge on any atom is -0.478 e. The van der Waals surface area contributed by atoms with Crippen LogP contribution in [-0.4, -0.2) is 64.1 Å². The second-order valence-corrected chi connectivity index (χ2v) is 7.66. The Hall–Kier alpha value is -1.90. The normalized spacial score (nSPS) is 21.4. The van der Waals surface area contributed by atoms with Crippen molar-refractivity contribution in [2.75, 3.05) is 32.1 Å². The summed E-state index contributed by atoms with van der Waals surface area (Å²) in [5.74, 6) is -0.744. The number of aromatic nitrogens is 1. The number of morpholine rings is 1. The molecule has 0 radical (unpaired) electrons. The molecule has 0 aliphatic carbocycles. The molecule has 0 amide bonds. The van der Waals surface area contributed by atoms with Crippen LogP contribution >= 0.6 is 11.8 Å². The molecule has 1 saturated heterocycles. The number of ether oxygens (including phenoxy) is 1. The van der Waals surface area contributed by atoms with Gasteiger partial charge in [-0.25, -0.2) is 9.78 Å². The molecule has 0 saturated carbocycles. The second-order valence-electron chi connectivity index (χ2n) is 6.41. The van der Waals surface area contributed by atoms with Crippen molar-refractivity contribution in [1.82, 2.24) is 14.8 Å². The number of pyridine rings is 1. The van der Waals surface area contributed by atoms with Crippen LogP contribution < -0.4 is 0 Å². The van der Waals surface area contributed by atoms with E-state index in [0.717, 1.165) is 24.4 Å². The molecule has 0 aromatic carbocycles. The average Bonchev–Trinajstić information content (AvgIpc) is 2.64. The van der Waals surface area contributed by atoms with E-state index >= 15 is 0 Å². The molecule has 27 heavy (non-hydrogen) atoms. The molecular formula is C19H24FN3O3S. The molecule has 2 aliphatic heterocycles. The Bertz CT molecular complexity index is 762. The van der Waals surface area contributed by atoms with E-state index in [1.807, 2.05) is 24.8 Å². The molecule has 1 unspecified atom stereocenters. The number of aliphatic carboxylic acids is 1. The van der Waals surface area contributed by atoms with Crippen molar-refractivity contribution in [3.63, 3.8) is 0 Å². The van der Waals surface area contributed by atoms with Crippen molar-refractivity contribution in [3.05, 3.63) is 52.1 Å². The fourth-order valence-corrected chi connectivity index (χ4v) is 4.41. The molecule has 0 spiro atoms. The maximum Gasteiger partial charge on any atom is 0.338 e. The van der Waals surface area contributed by atoms with E-state index < -0.39 is 11.9 Å². The lowest BCUT2D eigenvalue weighted by Gasteiger charge is -2.44. The molecular weight excluding hydrogens is 369 g/mol. The Balaban J connectivity index is 2.02. The van der Waals surface area contributed by atoms with Crippen molar-refractivity contribution >= 4 is 17.7 Å². The fourth-order valence-electron chi connectivity index (χ4n) is 3.40. The van der Waals surface area contributed by atoms with Crippen LogP contribution in [0, 0.1) is 5.95 Å². The Morgan fingerprint density at radius 3 is 2.78 bits per heavy atom. The van der Waals surface area contributed by atoms with Crippen LogP contribution in [0.4, 0.5) is 4.39 Å². The number of nitrogens with zero attached hydrogens (tertiary/aromatic N) is 3. The van der Waals surface area contributed by atoms with Gasteiger partial charge in [-0.15, -0.1) is 11.8 Å². The lowest BCUT2D eigenvalue weighted by atomic mass is 10.0. The highest BCUT2D eigenvalue weighted by Crippen LogP contribution is 2.36. The summed E-state index contributed by atoms with van der Waals surface area (Å²) in [5, 5.41) is 10.5. The number of halogens is 1. The molecule has 1 N–H and O–H groups in total. The van der Waals surface area contributed by atoms with Crippen LogP contribution in [0.2, 0.25) is 0 Å². The number of carbonyl (C=O) groups is 1. The van der Waals surface area contributed by atoms with E-state index in [1.165, 1.54) is 17.8 Å². The third kappa shape index (κ3) is 4.51. The standard InChI is InChI=1S/C19H24FN3O3S/c1-3-27-18-17(19(24)25)13(2)11-16(22-7-9-26-10-8-22)23(18)12-14-5-4-6-15(20)21-14/h4-6,11,16H,3,7-10,12H2,1-2H3,(H,24,25). The summed E-state index contributed by atoms with van der Waals surface area (Å²) in [6.07, 6.45) is 1.87. The zero-order valence-corrected chi connectivity index (χ0v) is 16.3. The summed E-state index contributed by atoms with van der Waals surface area (Å²) in [7, 11) is 0. The summed E-state index contributed by atoms with van der Waals surface area (Å²) in [6.45, 7) is 6.96.